The Morgan fingerprint density at radius 1 is 1.37 bits per heavy atom. The van der Waals surface area contributed by atoms with Crippen molar-refractivity contribution < 1.29 is 14.3 Å². The molecule has 0 aliphatic carbocycles. The van der Waals surface area contributed by atoms with Crippen molar-refractivity contribution in [1.29, 1.82) is 0 Å². The Morgan fingerprint density at radius 2 is 2.11 bits per heavy atom. The van der Waals surface area contributed by atoms with E-state index in [1.807, 2.05) is 30.5 Å². The standard InChI is InChI=1S/C20H26N4O3/c1-6-27-19(26)24-15-9-10-22-12-20(2,3)17(15)14-8-7-13(11-16(14)24)23(5)18(25)21-4/h7-11,22H,6,12H2,1-5H3,(H,21,25). The molecule has 2 heterocycles. The van der Waals surface area contributed by atoms with Gasteiger partial charge in [-0.05, 0) is 36.9 Å². The summed E-state index contributed by atoms with van der Waals surface area (Å²) in [5.41, 5.74) is 3.12. The van der Waals surface area contributed by atoms with E-state index in [9.17, 15) is 9.59 Å². The van der Waals surface area contributed by atoms with Gasteiger partial charge in [0.1, 0.15) is 0 Å². The van der Waals surface area contributed by atoms with Crippen LogP contribution >= 0.6 is 0 Å². The van der Waals surface area contributed by atoms with Gasteiger partial charge in [-0.3, -0.25) is 4.90 Å². The van der Waals surface area contributed by atoms with E-state index in [-0.39, 0.29) is 18.1 Å². The number of nitrogens with one attached hydrogen (secondary N) is 2. The molecule has 1 aliphatic rings. The van der Waals surface area contributed by atoms with Crippen LogP contribution in [-0.4, -0.2) is 43.9 Å². The number of aromatic nitrogens is 1. The summed E-state index contributed by atoms with van der Waals surface area (Å²) in [6, 6.07) is 5.49. The third-order valence-corrected chi connectivity index (χ3v) is 4.92. The van der Waals surface area contributed by atoms with Crippen LogP contribution in [0.15, 0.2) is 24.4 Å². The van der Waals surface area contributed by atoms with E-state index < -0.39 is 6.09 Å². The summed E-state index contributed by atoms with van der Waals surface area (Å²) in [6.45, 7) is 7.11. The van der Waals surface area contributed by atoms with Gasteiger partial charge in [0.25, 0.3) is 0 Å². The zero-order valence-corrected chi connectivity index (χ0v) is 16.4. The normalized spacial score (nSPS) is 14.9. The molecule has 0 saturated heterocycles. The van der Waals surface area contributed by atoms with Crippen LogP contribution in [-0.2, 0) is 10.2 Å². The predicted molar refractivity (Wildman–Crippen MR) is 107 cm³/mol. The van der Waals surface area contributed by atoms with Crippen molar-refractivity contribution in [2.45, 2.75) is 26.2 Å². The van der Waals surface area contributed by atoms with Crippen molar-refractivity contribution in [1.82, 2.24) is 15.2 Å². The molecule has 0 unspecified atom stereocenters. The molecule has 7 heteroatoms. The summed E-state index contributed by atoms with van der Waals surface area (Å²) in [5, 5.41) is 6.86. The lowest BCUT2D eigenvalue weighted by Crippen LogP contribution is -2.34. The van der Waals surface area contributed by atoms with Crippen LogP contribution in [0.2, 0.25) is 0 Å². The van der Waals surface area contributed by atoms with Gasteiger partial charge in [0.05, 0.1) is 17.8 Å². The average molecular weight is 370 g/mol. The number of fused-ring (bicyclic) bond motifs is 3. The van der Waals surface area contributed by atoms with Crippen molar-refractivity contribution in [2.24, 2.45) is 0 Å². The van der Waals surface area contributed by atoms with Crippen molar-refractivity contribution in [2.75, 3.05) is 32.1 Å². The number of carbonyl (C=O) groups is 2. The highest BCUT2D eigenvalue weighted by molar-refractivity contribution is 6.00. The maximum atomic E-state index is 12.8. The average Bonchev–Trinajstić information content (AvgIpc) is 2.89. The molecule has 2 N–H and O–H groups in total. The summed E-state index contributed by atoms with van der Waals surface area (Å²) in [6.07, 6.45) is 3.34. The van der Waals surface area contributed by atoms with E-state index in [2.05, 4.69) is 24.5 Å². The van der Waals surface area contributed by atoms with E-state index in [4.69, 9.17) is 4.74 Å². The van der Waals surface area contributed by atoms with Gasteiger partial charge in [-0.15, -0.1) is 0 Å². The monoisotopic (exact) mass is 370 g/mol. The SMILES string of the molecule is CCOC(=O)n1c2c(c3ccc(N(C)C(=O)NC)cc31)C(C)(C)CNC=C2. The molecule has 1 aromatic carbocycles. The lowest BCUT2D eigenvalue weighted by atomic mass is 9.83. The zero-order chi connectivity index (χ0) is 19.8. The van der Waals surface area contributed by atoms with Crippen molar-refractivity contribution in [3.05, 3.63) is 35.7 Å². The van der Waals surface area contributed by atoms with Gasteiger partial charge in [-0.25, -0.2) is 14.2 Å². The Morgan fingerprint density at radius 3 is 2.78 bits per heavy atom. The molecular formula is C20H26N4O3. The summed E-state index contributed by atoms with van der Waals surface area (Å²) < 4.78 is 6.91. The first-order valence-electron chi connectivity index (χ1n) is 9.03. The first kappa shape index (κ1) is 18.8. The van der Waals surface area contributed by atoms with E-state index in [0.717, 1.165) is 28.7 Å². The van der Waals surface area contributed by atoms with Gasteiger partial charge in [0, 0.05) is 37.1 Å². The molecule has 27 heavy (non-hydrogen) atoms. The third kappa shape index (κ3) is 3.13. The van der Waals surface area contributed by atoms with E-state index >= 15 is 0 Å². The smallest absolute Gasteiger partial charge is 0.418 e. The highest BCUT2D eigenvalue weighted by atomic mass is 16.5. The lowest BCUT2D eigenvalue weighted by Gasteiger charge is -2.24. The number of benzene rings is 1. The molecule has 2 amide bonds. The second kappa shape index (κ2) is 6.98. The Kier molecular flexibility index (Phi) is 4.87. The molecule has 0 radical (unpaired) electrons. The van der Waals surface area contributed by atoms with Crippen LogP contribution in [0.4, 0.5) is 15.3 Å². The third-order valence-electron chi connectivity index (χ3n) is 4.92. The fourth-order valence-electron chi connectivity index (χ4n) is 3.58. The molecule has 1 aliphatic heterocycles. The minimum absolute atomic E-state index is 0.191. The maximum absolute atomic E-state index is 12.8. The first-order chi connectivity index (χ1) is 12.8. The van der Waals surface area contributed by atoms with Crippen molar-refractivity contribution >= 4 is 34.8 Å². The molecule has 0 atom stereocenters. The number of nitrogens with zero attached hydrogens (tertiary/aromatic N) is 2. The first-order valence-corrected chi connectivity index (χ1v) is 9.03. The Hall–Kier alpha value is -2.96. The second-order valence-corrected chi connectivity index (χ2v) is 7.21. The quantitative estimate of drug-likeness (QED) is 0.851. The fourth-order valence-corrected chi connectivity index (χ4v) is 3.58. The lowest BCUT2D eigenvalue weighted by molar-refractivity contribution is 0.155. The molecule has 2 aromatic rings. The minimum Gasteiger partial charge on any atom is -0.449 e. The number of urea groups is 1. The molecule has 0 bridgehead atoms. The van der Waals surface area contributed by atoms with E-state index in [1.165, 1.54) is 4.90 Å². The van der Waals surface area contributed by atoms with Crippen LogP contribution in [0.3, 0.4) is 0 Å². The molecule has 144 valence electrons. The Balaban J connectivity index is 2.31. The summed E-state index contributed by atoms with van der Waals surface area (Å²) in [5.74, 6) is 0. The Bertz CT molecular complexity index is 927. The number of hydrogen-bond acceptors (Lipinski definition) is 4. The van der Waals surface area contributed by atoms with Gasteiger partial charge in [0.2, 0.25) is 0 Å². The summed E-state index contributed by atoms with van der Waals surface area (Å²) >= 11 is 0. The van der Waals surface area contributed by atoms with Gasteiger partial charge in [-0.2, -0.15) is 0 Å². The summed E-state index contributed by atoms with van der Waals surface area (Å²) in [4.78, 5) is 26.3. The van der Waals surface area contributed by atoms with Crippen LogP contribution < -0.4 is 15.5 Å². The number of anilines is 1. The van der Waals surface area contributed by atoms with Crippen molar-refractivity contribution in [3.63, 3.8) is 0 Å². The predicted octanol–water partition coefficient (Wildman–Crippen LogP) is 3.27. The maximum Gasteiger partial charge on any atom is 0.418 e. The van der Waals surface area contributed by atoms with Gasteiger partial charge in [-0.1, -0.05) is 19.9 Å². The fraction of sp³-hybridized carbons (Fsp3) is 0.400. The summed E-state index contributed by atoms with van der Waals surface area (Å²) in [7, 11) is 3.28. The largest absolute Gasteiger partial charge is 0.449 e. The van der Waals surface area contributed by atoms with E-state index in [0.29, 0.717) is 5.69 Å². The molecule has 7 nitrogen and oxygen atoms in total. The highest BCUT2D eigenvalue weighted by Crippen LogP contribution is 2.39. The molecule has 0 fully saturated rings. The van der Waals surface area contributed by atoms with Crippen LogP contribution in [0.25, 0.3) is 17.0 Å². The van der Waals surface area contributed by atoms with Gasteiger partial charge < -0.3 is 15.4 Å². The molecule has 3 rings (SSSR count). The van der Waals surface area contributed by atoms with E-state index in [1.54, 1.807) is 25.6 Å². The zero-order valence-electron chi connectivity index (χ0n) is 16.4. The Labute approximate surface area is 159 Å². The molecule has 1 aromatic heterocycles. The van der Waals surface area contributed by atoms with Crippen LogP contribution in [0, 0.1) is 0 Å². The minimum atomic E-state index is -0.425. The highest BCUT2D eigenvalue weighted by Gasteiger charge is 2.32. The number of rotatable bonds is 2. The number of hydrogen-bond donors (Lipinski definition) is 2. The molecular weight excluding hydrogens is 344 g/mol. The molecule has 0 saturated carbocycles. The topological polar surface area (TPSA) is 75.6 Å². The van der Waals surface area contributed by atoms with Gasteiger partial charge >= 0.3 is 12.1 Å². The number of amides is 2. The van der Waals surface area contributed by atoms with Crippen LogP contribution in [0.5, 0.6) is 0 Å². The van der Waals surface area contributed by atoms with Gasteiger partial charge in [0.15, 0.2) is 0 Å². The second-order valence-electron chi connectivity index (χ2n) is 7.21. The van der Waals surface area contributed by atoms with Crippen molar-refractivity contribution in [3.8, 4) is 0 Å². The number of ether oxygens (including phenoxy) is 1. The number of carbonyl (C=O) groups excluding carboxylic acids is 2. The van der Waals surface area contributed by atoms with Crippen LogP contribution in [0.1, 0.15) is 32.0 Å². The molecule has 0 spiro atoms.